The van der Waals surface area contributed by atoms with Crippen LogP contribution in [0.4, 0.5) is 0 Å². The minimum absolute atomic E-state index is 0.0215. The van der Waals surface area contributed by atoms with Crippen molar-refractivity contribution in [3.05, 3.63) is 23.3 Å². The maximum Gasteiger partial charge on any atom is 0.127 e. The van der Waals surface area contributed by atoms with Gasteiger partial charge < -0.3 is 9.84 Å². The number of fused-ring (bicyclic) bond motifs is 2. The Kier molecular flexibility index (Phi) is 3.31. The zero-order chi connectivity index (χ0) is 16.4. The maximum absolute atomic E-state index is 10.7. The molecule has 2 fully saturated rings. The van der Waals surface area contributed by atoms with Gasteiger partial charge in [-0.1, -0.05) is 32.0 Å². The van der Waals surface area contributed by atoms with E-state index in [1.54, 1.807) is 0 Å². The number of rotatable bonds is 4. The number of aryl methyl sites for hydroxylation is 1. The maximum atomic E-state index is 10.7. The third-order valence-electron chi connectivity index (χ3n) is 7.11. The minimum atomic E-state index is -0.0215. The molecule has 5 unspecified atom stereocenters. The average molecular weight is 312 g/mol. The van der Waals surface area contributed by atoms with Crippen molar-refractivity contribution in [2.75, 3.05) is 0 Å². The predicted molar refractivity (Wildman–Crippen MR) is 96.2 cm³/mol. The summed E-state index contributed by atoms with van der Waals surface area (Å²) in [6, 6.07) is 4.22. The van der Waals surface area contributed by atoms with Gasteiger partial charge in [-0.15, -0.1) is 0 Å². The van der Waals surface area contributed by atoms with Crippen LogP contribution in [0.2, 0.25) is 5.31 Å². The van der Waals surface area contributed by atoms with Crippen LogP contribution in [0.25, 0.3) is 0 Å². The highest BCUT2D eigenvalue weighted by atomic mass is 16.5. The van der Waals surface area contributed by atoms with Crippen LogP contribution in [-0.4, -0.2) is 18.6 Å². The van der Waals surface area contributed by atoms with Crippen molar-refractivity contribution < 1.29 is 9.84 Å². The van der Waals surface area contributed by atoms with Crippen molar-refractivity contribution in [1.29, 1.82) is 0 Å². The van der Waals surface area contributed by atoms with Crippen molar-refractivity contribution in [3.8, 4) is 11.5 Å². The second kappa shape index (κ2) is 4.94. The summed E-state index contributed by atoms with van der Waals surface area (Å²) in [6.07, 6.45) is 7.12. The van der Waals surface area contributed by atoms with Gasteiger partial charge in [0.15, 0.2) is 0 Å². The number of ether oxygens (including phenoxy) is 1. The summed E-state index contributed by atoms with van der Waals surface area (Å²) in [5.41, 5.74) is 2.30. The molecule has 1 aliphatic heterocycles. The molecule has 2 nitrogen and oxygen atoms in total. The summed E-state index contributed by atoms with van der Waals surface area (Å²) in [5.74, 6) is 3.22. The van der Waals surface area contributed by atoms with Gasteiger partial charge in [0.05, 0.1) is 0 Å². The molecule has 3 heteroatoms. The molecule has 23 heavy (non-hydrogen) atoms. The van der Waals surface area contributed by atoms with E-state index in [1.807, 2.05) is 6.07 Å². The normalized spacial score (nSPS) is 40.0. The number of aromatic hydroxyl groups is 1. The van der Waals surface area contributed by atoms with Gasteiger partial charge >= 0.3 is 0 Å². The first kappa shape index (κ1) is 15.4. The molecule has 0 amide bonds. The zero-order valence-electron chi connectivity index (χ0n) is 15.0. The first-order chi connectivity index (χ1) is 10.9. The summed E-state index contributed by atoms with van der Waals surface area (Å²) in [7, 11) is 2.38. The van der Waals surface area contributed by atoms with Gasteiger partial charge in [-0.3, -0.25) is 0 Å². The van der Waals surface area contributed by atoms with Crippen LogP contribution in [0.5, 0.6) is 11.5 Å². The van der Waals surface area contributed by atoms with Crippen molar-refractivity contribution in [2.24, 2.45) is 11.8 Å². The van der Waals surface area contributed by atoms with E-state index in [2.05, 4.69) is 34.7 Å². The molecule has 124 valence electrons. The molecule has 1 N–H and O–H groups in total. The third kappa shape index (κ3) is 2.01. The monoisotopic (exact) mass is 312 g/mol. The summed E-state index contributed by atoms with van der Waals surface area (Å²) >= 11 is 0. The summed E-state index contributed by atoms with van der Waals surface area (Å²) in [6.45, 7) is 6.90. The van der Waals surface area contributed by atoms with Crippen molar-refractivity contribution in [1.82, 2.24) is 0 Å². The van der Waals surface area contributed by atoms with E-state index in [0.29, 0.717) is 17.6 Å². The van der Waals surface area contributed by atoms with E-state index >= 15 is 0 Å². The number of hydrogen-bond donors (Lipinski definition) is 1. The summed E-state index contributed by atoms with van der Waals surface area (Å²) in [4.78, 5) is 0. The van der Waals surface area contributed by atoms with Gasteiger partial charge in [0, 0.05) is 11.5 Å². The fourth-order valence-corrected chi connectivity index (χ4v) is 5.92. The molecule has 3 aliphatic rings. The van der Waals surface area contributed by atoms with Gasteiger partial charge in [0.1, 0.15) is 24.9 Å². The molecule has 5 atom stereocenters. The topological polar surface area (TPSA) is 29.5 Å². The predicted octanol–water partition coefficient (Wildman–Crippen LogP) is 4.21. The molecular weight excluding hydrogens is 283 g/mol. The summed E-state index contributed by atoms with van der Waals surface area (Å²) in [5, 5.41) is 11.0. The summed E-state index contributed by atoms with van der Waals surface area (Å²) < 4.78 is 6.51. The number of hydrogen-bond acceptors (Lipinski definition) is 2. The Morgan fingerprint density at radius 3 is 2.83 bits per heavy atom. The van der Waals surface area contributed by atoms with Gasteiger partial charge in [0.2, 0.25) is 0 Å². The molecule has 0 radical (unpaired) electrons. The number of phenolic OH excluding ortho intramolecular Hbond substituents is 1. The Balaban J connectivity index is 1.73. The number of benzene rings is 1. The standard InChI is InChI=1S/C20H29BO2/c1-4-5-6-7-12-10-14(22)16-15(11-12)23-19(2)9-8-13-17(19)18(16)20(13,3)21/h10-11,13,17-18,22H,4-9,21H2,1-3H3. The van der Waals surface area contributed by atoms with Crippen molar-refractivity contribution >= 4 is 7.85 Å². The Morgan fingerprint density at radius 1 is 1.30 bits per heavy atom. The van der Waals surface area contributed by atoms with Crippen molar-refractivity contribution in [3.63, 3.8) is 0 Å². The SMILES string of the molecule is BC1(C)C2CCC3(C)Oc4cc(CCCCC)cc(O)c4C1C23. The Morgan fingerprint density at radius 2 is 2.09 bits per heavy atom. The minimum Gasteiger partial charge on any atom is -0.508 e. The lowest BCUT2D eigenvalue weighted by molar-refractivity contribution is -0.0649. The van der Waals surface area contributed by atoms with E-state index in [9.17, 15) is 5.11 Å². The van der Waals surface area contributed by atoms with E-state index in [-0.39, 0.29) is 10.9 Å². The second-order valence-corrected chi connectivity index (χ2v) is 8.87. The Bertz CT molecular complexity index is 639. The van der Waals surface area contributed by atoms with Gasteiger partial charge in [-0.25, -0.2) is 0 Å². The van der Waals surface area contributed by atoms with E-state index < -0.39 is 0 Å². The lowest BCUT2D eigenvalue weighted by Gasteiger charge is -2.62. The van der Waals surface area contributed by atoms with E-state index in [1.165, 1.54) is 31.2 Å². The smallest absolute Gasteiger partial charge is 0.127 e. The highest BCUT2D eigenvalue weighted by Crippen LogP contribution is 2.76. The van der Waals surface area contributed by atoms with Crippen LogP contribution in [0.3, 0.4) is 0 Å². The molecule has 2 aliphatic carbocycles. The molecule has 0 bridgehead atoms. The van der Waals surface area contributed by atoms with Crippen molar-refractivity contribution in [2.45, 2.75) is 76.1 Å². The first-order valence-electron chi connectivity index (χ1n) is 9.43. The molecule has 0 spiro atoms. The van der Waals surface area contributed by atoms with Crippen LogP contribution in [-0.2, 0) is 6.42 Å². The highest BCUT2D eigenvalue weighted by Gasteiger charge is 2.69. The van der Waals surface area contributed by atoms with Gasteiger partial charge in [0.25, 0.3) is 0 Å². The Labute approximate surface area is 141 Å². The molecule has 1 heterocycles. The first-order valence-corrected chi connectivity index (χ1v) is 9.43. The number of unbranched alkanes of at least 4 members (excludes halogenated alkanes) is 2. The zero-order valence-corrected chi connectivity index (χ0v) is 15.0. The third-order valence-corrected chi connectivity index (χ3v) is 7.11. The molecule has 4 rings (SSSR count). The fourth-order valence-electron chi connectivity index (χ4n) is 5.92. The quantitative estimate of drug-likeness (QED) is 0.666. The largest absolute Gasteiger partial charge is 0.508 e. The van der Waals surface area contributed by atoms with Crippen LogP contribution in [0.15, 0.2) is 12.1 Å². The molecule has 0 saturated heterocycles. The van der Waals surface area contributed by atoms with E-state index in [0.717, 1.165) is 30.1 Å². The highest BCUT2D eigenvalue weighted by molar-refractivity contribution is 6.17. The lowest BCUT2D eigenvalue weighted by Crippen LogP contribution is -2.57. The molecule has 1 aromatic carbocycles. The van der Waals surface area contributed by atoms with Gasteiger partial charge in [-0.05, 0) is 62.1 Å². The van der Waals surface area contributed by atoms with Crippen LogP contribution in [0, 0.1) is 11.8 Å². The molecule has 0 aromatic heterocycles. The second-order valence-electron chi connectivity index (χ2n) is 8.87. The van der Waals surface area contributed by atoms with Gasteiger partial charge in [-0.2, -0.15) is 0 Å². The van der Waals surface area contributed by atoms with Crippen LogP contribution >= 0.6 is 0 Å². The van der Waals surface area contributed by atoms with E-state index in [4.69, 9.17) is 4.74 Å². The number of phenols is 1. The molecule has 2 saturated carbocycles. The Hall–Kier alpha value is -1.12. The molecule has 1 aromatic rings. The lowest BCUT2D eigenvalue weighted by atomic mass is 9.37. The fraction of sp³-hybridized carbons (Fsp3) is 0.700. The molecular formula is C20H29BO2. The van der Waals surface area contributed by atoms with Crippen LogP contribution in [0.1, 0.15) is 69.9 Å². The average Bonchev–Trinajstić information content (AvgIpc) is 2.81. The van der Waals surface area contributed by atoms with Crippen LogP contribution < -0.4 is 4.74 Å².